The van der Waals surface area contributed by atoms with Crippen molar-refractivity contribution in [2.24, 2.45) is 0 Å². The van der Waals surface area contributed by atoms with Crippen molar-refractivity contribution in [1.29, 1.82) is 0 Å². The highest BCUT2D eigenvalue weighted by molar-refractivity contribution is 6.31. The van der Waals surface area contributed by atoms with E-state index in [1.54, 1.807) is 0 Å². The predicted octanol–water partition coefficient (Wildman–Crippen LogP) is 3.30. The molecule has 0 aromatic heterocycles. The zero-order valence-electron chi connectivity index (χ0n) is 9.19. The van der Waals surface area contributed by atoms with Gasteiger partial charge in [-0.1, -0.05) is 23.8 Å². The molecule has 0 fully saturated rings. The number of fused-ring (bicyclic) bond motifs is 1. The summed E-state index contributed by atoms with van der Waals surface area (Å²) in [7, 11) is 0. The molecule has 2 rings (SSSR count). The third-order valence-corrected chi connectivity index (χ3v) is 2.89. The largest absolute Gasteiger partial charge is 0.348 e. The van der Waals surface area contributed by atoms with Crippen LogP contribution in [0.2, 0.25) is 5.02 Å². The predicted molar refractivity (Wildman–Crippen MR) is 71.4 cm³/mol. The Bertz CT molecular complexity index is 414. The average molecular weight is 235 g/mol. The second kappa shape index (κ2) is 4.62. The molecule has 0 spiro atoms. The maximum absolute atomic E-state index is 6.02. The molecule has 3 heteroatoms. The van der Waals surface area contributed by atoms with Gasteiger partial charge >= 0.3 is 0 Å². The van der Waals surface area contributed by atoms with Gasteiger partial charge in [-0.05, 0) is 18.2 Å². The van der Waals surface area contributed by atoms with E-state index >= 15 is 0 Å². The van der Waals surface area contributed by atoms with Gasteiger partial charge in [0.2, 0.25) is 0 Å². The first-order chi connectivity index (χ1) is 7.76. The first-order valence-electron chi connectivity index (χ1n) is 5.27. The Labute approximate surface area is 101 Å². The molecule has 2 nitrogen and oxygen atoms in total. The van der Waals surface area contributed by atoms with Crippen LogP contribution in [0.3, 0.4) is 0 Å². The number of anilines is 2. The van der Waals surface area contributed by atoms with Gasteiger partial charge in [0.05, 0.1) is 18.0 Å². The second-order valence-electron chi connectivity index (χ2n) is 3.80. The van der Waals surface area contributed by atoms with Crippen LogP contribution >= 0.6 is 11.6 Å². The minimum atomic E-state index is 0.772. The third-order valence-electron chi connectivity index (χ3n) is 2.66. The van der Waals surface area contributed by atoms with Crippen LogP contribution in [0.4, 0.5) is 11.4 Å². The molecule has 0 aliphatic carbocycles. The van der Waals surface area contributed by atoms with Gasteiger partial charge < -0.3 is 9.80 Å². The molecule has 16 heavy (non-hydrogen) atoms. The summed E-state index contributed by atoms with van der Waals surface area (Å²) in [6, 6.07) is 5.99. The van der Waals surface area contributed by atoms with Crippen molar-refractivity contribution in [1.82, 2.24) is 0 Å². The summed E-state index contributed by atoms with van der Waals surface area (Å²) in [6.07, 6.45) is 3.82. The minimum Gasteiger partial charge on any atom is -0.348 e. The summed E-state index contributed by atoms with van der Waals surface area (Å²) in [4.78, 5) is 4.51. The number of rotatable bonds is 4. The lowest BCUT2D eigenvalue weighted by atomic mass is 10.2. The standard InChI is InChI=1S/C13H15ClN2/c1-3-7-15-10-16(8-4-2)13-9-11(14)5-6-12(13)15/h3-6,9H,1-2,7-8,10H2. The van der Waals surface area contributed by atoms with Gasteiger partial charge in [-0.15, -0.1) is 13.2 Å². The van der Waals surface area contributed by atoms with E-state index in [0.29, 0.717) is 0 Å². The van der Waals surface area contributed by atoms with Gasteiger partial charge in [-0.2, -0.15) is 0 Å². The van der Waals surface area contributed by atoms with Gasteiger partial charge in [0.1, 0.15) is 0 Å². The molecule has 0 N–H and O–H groups in total. The highest BCUT2D eigenvalue weighted by Crippen LogP contribution is 2.37. The van der Waals surface area contributed by atoms with Crippen LogP contribution in [0.1, 0.15) is 0 Å². The number of benzene rings is 1. The lowest BCUT2D eigenvalue weighted by molar-refractivity contribution is 0.844. The second-order valence-corrected chi connectivity index (χ2v) is 4.23. The zero-order valence-corrected chi connectivity index (χ0v) is 9.95. The van der Waals surface area contributed by atoms with E-state index in [0.717, 1.165) is 24.8 Å². The Morgan fingerprint density at radius 1 is 1.12 bits per heavy atom. The molecule has 0 saturated heterocycles. The van der Waals surface area contributed by atoms with E-state index in [1.165, 1.54) is 11.4 Å². The van der Waals surface area contributed by atoms with Crippen LogP contribution in [0.5, 0.6) is 0 Å². The van der Waals surface area contributed by atoms with Gasteiger partial charge in [-0.25, -0.2) is 0 Å². The summed E-state index contributed by atoms with van der Waals surface area (Å²) in [5.41, 5.74) is 2.39. The highest BCUT2D eigenvalue weighted by atomic mass is 35.5. The normalized spacial score (nSPS) is 13.8. The van der Waals surface area contributed by atoms with Crippen molar-refractivity contribution in [3.63, 3.8) is 0 Å². The Balaban J connectivity index is 2.35. The topological polar surface area (TPSA) is 6.48 Å². The van der Waals surface area contributed by atoms with E-state index in [2.05, 4.69) is 29.0 Å². The fourth-order valence-corrected chi connectivity index (χ4v) is 2.17. The van der Waals surface area contributed by atoms with Crippen LogP contribution in [0.15, 0.2) is 43.5 Å². The van der Waals surface area contributed by atoms with Crippen molar-refractivity contribution in [3.05, 3.63) is 48.5 Å². The fraction of sp³-hybridized carbons (Fsp3) is 0.231. The molecule has 1 heterocycles. The summed E-state index contributed by atoms with van der Waals surface area (Å²) < 4.78 is 0. The van der Waals surface area contributed by atoms with Gasteiger partial charge in [0.25, 0.3) is 0 Å². The minimum absolute atomic E-state index is 0.772. The number of hydrogen-bond donors (Lipinski definition) is 0. The van der Waals surface area contributed by atoms with Crippen molar-refractivity contribution in [2.45, 2.75) is 0 Å². The van der Waals surface area contributed by atoms with Crippen LogP contribution in [0, 0.1) is 0 Å². The van der Waals surface area contributed by atoms with Crippen LogP contribution in [-0.4, -0.2) is 19.8 Å². The molecule has 0 unspecified atom stereocenters. The molecule has 1 aliphatic heterocycles. The molecule has 1 aliphatic rings. The third kappa shape index (κ3) is 1.93. The summed E-state index contributed by atoms with van der Waals surface area (Å²) in [5.74, 6) is 0. The molecule has 0 saturated carbocycles. The first-order valence-corrected chi connectivity index (χ1v) is 5.65. The number of hydrogen-bond acceptors (Lipinski definition) is 2. The quantitative estimate of drug-likeness (QED) is 0.738. The van der Waals surface area contributed by atoms with E-state index < -0.39 is 0 Å². The molecular weight excluding hydrogens is 220 g/mol. The Morgan fingerprint density at radius 2 is 1.75 bits per heavy atom. The fourth-order valence-electron chi connectivity index (χ4n) is 2.00. The van der Waals surface area contributed by atoms with Crippen LogP contribution in [-0.2, 0) is 0 Å². The molecule has 1 aromatic rings. The van der Waals surface area contributed by atoms with E-state index in [4.69, 9.17) is 11.6 Å². The lowest BCUT2D eigenvalue weighted by Gasteiger charge is -2.19. The van der Waals surface area contributed by atoms with E-state index in [9.17, 15) is 0 Å². The molecule has 0 radical (unpaired) electrons. The van der Waals surface area contributed by atoms with Crippen molar-refractivity contribution in [3.8, 4) is 0 Å². The lowest BCUT2D eigenvalue weighted by Crippen LogP contribution is -2.30. The Kier molecular flexibility index (Phi) is 3.20. The van der Waals surface area contributed by atoms with E-state index in [1.807, 2.05) is 24.3 Å². The molecule has 0 bridgehead atoms. The molecular formula is C13H15ClN2. The summed E-state index contributed by atoms with van der Waals surface area (Å²) in [5, 5.41) is 0.772. The number of nitrogens with zero attached hydrogens (tertiary/aromatic N) is 2. The monoisotopic (exact) mass is 234 g/mol. The van der Waals surface area contributed by atoms with Crippen LogP contribution < -0.4 is 9.80 Å². The zero-order chi connectivity index (χ0) is 11.5. The van der Waals surface area contributed by atoms with E-state index in [-0.39, 0.29) is 0 Å². The molecule has 0 amide bonds. The first kappa shape index (κ1) is 11.1. The van der Waals surface area contributed by atoms with Gasteiger partial charge in [0.15, 0.2) is 0 Å². The van der Waals surface area contributed by atoms with Gasteiger partial charge in [0, 0.05) is 18.1 Å². The Hall–Kier alpha value is -1.41. The maximum Gasteiger partial charge on any atom is 0.0910 e. The Morgan fingerprint density at radius 3 is 2.38 bits per heavy atom. The highest BCUT2D eigenvalue weighted by Gasteiger charge is 2.23. The van der Waals surface area contributed by atoms with Crippen LogP contribution in [0.25, 0.3) is 0 Å². The summed E-state index contributed by atoms with van der Waals surface area (Å²) >= 11 is 6.02. The molecule has 1 aromatic carbocycles. The average Bonchev–Trinajstić information content (AvgIpc) is 2.58. The van der Waals surface area contributed by atoms with Crippen molar-refractivity contribution in [2.75, 3.05) is 29.6 Å². The maximum atomic E-state index is 6.02. The molecule has 0 atom stereocenters. The van der Waals surface area contributed by atoms with Gasteiger partial charge in [-0.3, -0.25) is 0 Å². The molecule has 84 valence electrons. The SMILES string of the molecule is C=CCN1CN(CC=C)c2cc(Cl)ccc21. The van der Waals surface area contributed by atoms with Crippen molar-refractivity contribution < 1.29 is 0 Å². The van der Waals surface area contributed by atoms with Crippen molar-refractivity contribution >= 4 is 23.0 Å². The number of halogens is 1. The smallest absolute Gasteiger partial charge is 0.0910 e. The summed E-state index contributed by atoms with van der Waals surface area (Å²) in [6.45, 7) is 10.1.